The largest absolute Gasteiger partial charge is 0.394 e. The van der Waals surface area contributed by atoms with E-state index in [0.29, 0.717) is 0 Å². The molecule has 12 unspecified atom stereocenters. The van der Waals surface area contributed by atoms with Crippen molar-refractivity contribution in [2.75, 3.05) is 39.6 Å². The van der Waals surface area contributed by atoms with E-state index in [1.807, 2.05) is 0 Å². The minimum absolute atomic E-state index is 0.795. The van der Waals surface area contributed by atoms with E-state index in [0.717, 1.165) is 0 Å². The monoisotopic (exact) mass is 1000 g/mol. The Morgan fingerprint density at radius 3 is 0.868 bits per heavy atom. The van der Waals surface area contributed by atoms with Gasteiger partial charge in [0.1, 0.15) is 97.7 Å². The quantitative estimate of drug-likeness (QED) is 0.0724. The molecule has 0 aliphatic carbocycles. The summed E-state index contributed by atoms with van der Waals surface area (Å²) in [6, 6.07) is -9.86. The first-order valence-corrected chi connectivity index (χ1v) is 21.6. The second-order valence-electron chi connectivity index (χ2n) is 17.7. The molecule has 398 valence electrons. The van der Waals surface area contributed by atoms with Gasteiger partial charge in [0, 0.05) is 0 Å². The zero-order valence-electron chi connectivity index (χ0n) is 36.1. The van der Waals surface area contributed by atoms with Crippen LogP contribution in [0.5, 0.6) is 0 Å². The zero-order chi connectivity index (χ0) is 50.5. The Morgan fingerprint density at radius 1 is 0.338 bits per heavy atom. The van der Waals surface area contributed by atoms with Crippen LogP contribution in [0.2, 0.25) is 0 Å². The first kappa shape index (κ1) is 56.0. The molecule has 32 nitrogen and oxygen atoms in total. The second kappa shape index (κ2) is 22.5. The van der Waals surface area contributed by atoms with Crippen LogP contribution in [0.25, 0.3) is 0 Å². The van der Waals surface area contributed by atoms with Crippen LogP contribution in [-0.4, -0.2) is 304 Å². The Balaban J connectivity index is 1.23. The van der Waals surface area contributed by atoms with E-state index in [1.54, 1.807) is 0 Å². The summed E-state index contributed by atoms with van der Waals surface area (Å²) in [6.45, 7) is -6.60. The third kappa shape index (κ3) is 9.80. The second-order valence-corrected chi connectivity index (χ2v) is 17.7. The summed E-state index contributed by atoms with van der Waals surface area (Å²) in [5.41, 5.74) is 30.5. The van der Waals surface area contributed by atoms with Gasteiger partial charge in [0.15, 0.2) is 48.9 Å². The molecule has 0 aromatic rings. The van der Waals surface area contributed by atoms with E-state index in [-0.39, 0.29) is 0 Å². The minimum Gasteiger partial charge on any atom is -0.394 e. The Kier molecular flexibility index (Phi) is 18.5. The number of aliphatic hydroxyl groups excluding tert-OH is 16. The van der Waals surface area contributed by atoms with Crippen molar-refractivity contribution in [1.82, 2.24) is 0 Å². The molecule has 28 N–H and O–H groups in total. The molecule has 6 aliphatic heterocycles. The molecular weight excluding hydrogens is 932 g/mol. The first-order chi connectivity index (χ1) is 32.0. The Morgan fingerprint density at radius 2 is 0.588 bits per heavy atom. The van der Waals surface area contributed by atoms with E-state index >= 15 is 0 Å². The normalized spacial score (nSPS) is 55.0. The Hall–Kier alpha value is -1.28. The molecule has 0 bridgehead atoms. The molecule has 6 aliphatic rings. The van der Waals surface area contributed by atoms with Crippen LogP contribution in [0.3, 0.4) is 0 Å². The zero-order valence-corrected chi connectivity index (χ0v) is 36.1. The summed E-state index contributed by atoms with van der Waals surface area (Å²) in [7, 11) is 0. The average molecular weight is 1000 g/mol. The fraction of sp³-hybridized carbons (Fsp3) is 1.00. The maximum absolute atomic E-state index is 11.7. The van der Waals surface area contributed by atoms with E-state index in [2.05, 4.69) is 0 Å². The highest BCUT2D eigenvalue weighted by atomic mass is 16.8. The SMILES string of the molecule is NC1C(O)O[C@H](CO)C(O[C@@H]2O[C@H](CO)C(O[C@@H]3O[C@@](CO)([C@]4(CO)O[C@@H](OC5[C@H](O)C(N)[C@H](OC6C(O)C(N)C(O)O[C@@H]6CO)O[C@@H]5CO)[C@H](N)[C@@H](O)[C@@H]4O)[C@@H](O)[C@H](O)[C@H]3N)[C@H](O)C2N)C1O. The smallest absolute Gasteiger partial charge is 0.176 e. The number of rotatable bonds is 15. The molecule has 68 heavy (non-hydrogen) atoms. The molecule has 0 aromatic heterocycles. The minimum atomic E-state index is -3.04. The molecule has 6 fully saturated rings. The summed E-state index contributed by atoms with van der Waals surface area (Å²) in [4.78, 5) is 0. The van der Waals surface area contributed by atoms with Gasteiger partial charge in [-0.15, -0.1) is 0 Å². The van der Waals surface area contributed by atoms with Crippen molar-refractivity contribution < 1.29 is 129 Å². The van der Waals surface area contributed by atoms with E-state index in [1.165, 1.54) is 0 Å². The summed E-state index contributed by atoms with van der Waals surface area (Å²) >= 11 is 0. The van der Waals surface area contributed by atoms with Crippen LogP contribution in [0.1, 0.15) is 0 Å². The van der Waals surface area contributed by atoms with Gasteiger partial charge < -0.3 is 163 Å². The highest BCUT2D eigenvalue weighted by Gasteiger charge is 2.72. The van der Waals surface area contributed by atoms with Crippen LogP contribution in [-0.2, 0) is 47.4 Å². The highest BCUT2D eigenvalue weighted by molar-refractivity contribution is 5.19. The summed E-state index contributed by atoms with van der Waals surface area (Å²) in [5, 5.41) is 173. The van der Waals surface area contributed by atoms with Gasteiger partial charge in [0.05, 0.1) is 75.9 Å². The Labute approximate surface area is 385 Å². The number of hydrogen-bond acceptors (Lipinski definition) is 32. The van der Waals surface area contributed by atoms with Gasteiger partial charge in [0.2, 0.25) is 0 Å². The molecule has 6 saturated heterocycles. The van der Waals surface area contributed by atoms with Gasteiger partial charge in [-0.3, -0.25) is 0 Å². The first-order valence-electron chi connectivity index (χ1n) is 21.6. The third-order valence-electron chi connectivity index (χ3n) is 13.7. The summed E-state index contributed by atoms with van der Waals surface area (Å²) in [5.74, 6) is 0. The fourth-order valence-electron chi connectivity index (χ4n) is 9.39. The lowest BCUT2D eigenvalue weighted by atomic mass is 9.68. The van der Waals surface area contributed by atoms with Crippen molar-refractivity contribution in [2.24, 2.45) is 34.4 Å². The molecular formula is C36H68N6O26. The Bertz CT molecular complexity index is 1490. The number of hydrogen-bond donors (Lipinski definition) is 22. The average Bonchev–Trinajstić information content (AvgIpc) is 3.33. The van der Waals surface area contributed by atoms with Crippen LogP contribution in [0.15, 0.2) is 0 Å². The molecule has 0 spiro atoms. The van der Waals surface area contributed by atoms with Crippen molar-refractivity contribution in [3.8, 4) is 0 Å². The standard InChI is InChI=1S/C36H68N6O26/c37-11-17(49)23(7(1-43)59-29(11)57)63-31-13(39)19(51)25(9(3-45)61-31)65-33-15(41)21(53)27(55)35(5-47,67-33)36(6-48)28(56)22(54)16(42)34(68-36)66-26-10(4-46)62-32(14(40)20(26)52)64-24-8(2-44)60-30(58)12(38)18(24)50/h7-34,43-58H,1-6,37-42H2/t7-,8-,9-,10-,11?,12?,13?,14?,15-,16-,17?,18?,19-,20-,21-,22-,23?,24?,25?,26?,27+,28+,29?,30?,31+,32+,33-,34-,35-,36-/m1/s1. The molecule has 6 heterocycles. The van der Waals surface area contributed by atoms with Crippen LogP contribution in [0.4, 0.5) is 0 Å². The maximum Gasteiger partial charge on any atom is 0.176 e. The van der Waals surface area contributed by atoms with Crippen molar-refractivity contribution in [1.29, 1.82) is 0 Å². The summed E-state index contributed by atoms with van der Waals surface area (Å²) in [6.07, 6.45) is -40.5. The molecule has 6 rings (SSSR count). The van der Waals surface area contributed by atoms with Gasteiger partial charge in [-0.05, 0) is 0 Å². The van der Waals surface area contributed by atoms with Gasteiger partial charge in [-0.2, -0.15) is 0 Å². The van der Waals surface area contributed by atoms with E-state index in [4.69, 9.17) is 81.8 Å². The van der Waals surface area contributed by atoms with E-state index in [9.17, 15) is 81.7 Å². The highest BCUT2D eigenvalue weighted by Crippen LogP contribution is 2.47. The molecule has 30 atom stereocenters. The van der Waals surface area contributed by atoms with Crippen molar-refractivity contribution >= 4 is 0 Å². The maximum atomic E-state index is 11.7. The molecule has 0 saturated carbocycles. The molecule has 0 radical (unpaired) electrons. The molecule has 32 heteroatoms. The fourth-order valence-corrected chi connectivity index (χ4v) is 9.39. The van der Waals surface area contributed by atoms with Gasteiger partial charge in [0.25, 0.3) is 0 Å². The van der Waals surface area contributed by atoms with Gasteiger partial charge in [-0.25, -0.2) is 0 Å². The topological polar surface area (TPSA) is 572 Å². The number of nitrogens with two attached hydrogens (primary N) is 6. The number of aliphatic hydroxyl groups is 16. The predicted molar refractivity (Wildman–Crippen MR) is 212 cm³/mol. The lowest BCUT2D eigenvalue weighted by Crippen LogP contribution is -2.84. The third-order valence-corrected chi connectivity index (χ3v) is 13.7. The summed E-state index contributed by atoms with van der Waals surface area (Å²) < 4.78 is 57.3. The predicted octanol–water partition coefficient (Wildman–Crippen LogP) is -15.6. The molecule has 0 aromatic carbocycles. The van der Waals surface area contributed by atoms with Gasteiger partial charge >= 0.3 is 0 Å². The van der Waals surface area contributed by atoms with Gasteiger partial charge in [-0.1, -0.05) is 0 Å². The van der Waals surface area contributed by atoms with Crippen molar-refractivity contribution in [3.63, 3.8) is 0 Å². The van der Waals surface area contributed by atoms with Crippen LogP contribution >= 0.6 is 0 Å². The van der Waals surface area contributed by atoms with E-state index < -0.39 is 222 Å². The molecule has 0 amide bonds. The lowest BCUT2D eigenvalue weighted by Gasteiger charge is -2.61. The number of ether oxygens (including phenoxy) is 10. The van der Waals surface area contributed by atoms with Crippen LogP contribution < -0.4 is 34.4 Å². The lowest BCUT2D eigenvalue weighted by molar-refractivity contribution is -0.428. The van der Waals surface area contributed by atoms with Crippen molar-refractivity contribution in [2.45, 2.75) is 183 Å². The van der Waals surface area contributed by atoms with Crippen LogP contribution in [0, 0.1) is 0 Å². The van der Waals surface area contributed by atoms with Crippen molar-refractivity contribution in [3.05, 3.63) is 0 Å².